The summed E-state index contributed by atoms with van der Waals surface area (Å²) in [5.41, 5.74) is 0.547. The average molecular weight is 215 g/mol. The molecule has 0 atom stereocenters. The third-order valence-corrected chi connectivity index (χ3v) is 4.17. The Morgan fingerprint density at radius 2 is 1.93 bits per heavy atom. The highest BCUT2D eigenvalue weighted by molar-refractivity contribution is 7.80. The first-order valence-electron chi connectivity index (χ1n) is 6.02. The molecule has 0 spiro atoms. The van der Waals surface area contributed by atoms with Crippen molar-refractivity contribution in [1.82, 2.24) is 4.90 Å². The van der Waals surface area contributed by atoms with E-state index in [0.717, 1.165) is 5.75 Å². The van der Waals surface area contributed by atoms with Gasteiger partial charge in [0.05, 0.1) is 0 Å². The normalized spacial score (nSPS) is 20.6. The van der Waals surface area contributed by atoms with Gasteiger partial charge in [-0.25, -0.2) is 0 Å². The lowest BCUT2D eigenvalue weighted by molar-refractivity contribution is 0.199. The molecule has 0 aliphatic heterocycles. The molecular formula is C12H25NS. The maximum atomic E-state index is 4.54. The van der Waals surface area contributed by atoms with Gasteiger partial charge in [-0.05, 0) is 44.0 Å². The lowest BCUT2D eigenvalue weighted by atomic mass is 9.88. The average Bonchev–Trinajstić information content (AvgIpc) is 2.64. The van der Waals surface area contributed by atoms with E-state index < -0.39 is 0 Å². The Kier molecular flexibility index (Phi) is 5.32. The Balaban J connectivity index is 2.32. The summed E-state index contributed by atoms with van der Waals surface area (Å²) in [6.07, 6.45) is 8.27. The summed E-state index contributed by atoms with van der Waals surface area (Å²) in [7, 11) is 2.26. The number of thiol groups is 1. The van der Waals surface area contributed by atoms with Gasteiger partial charge < -0.3 is 4.90 Å². The van der Waals surface area contributed by atoms with Crippen LogP contribution in [0.4, 0.5) is 0 Å². The molecule has 84 valence electrons. The van der Waals surface area contributed by atoms with Gasteiger partial charge in [0.1, 0.15) is 0 Å². The monoisotopic (exact) mass is 215 g/mol. The number of unbranched alkanes of at least 4 members (excludes halogenated alkanes) is 1. The minimum Gasteiger partial charge on any atom is -0.306 e. The Morgan fingerprint density at radius 3 is 2.43 bits per heavy atom. The second-order valence-corrected chi connectivity index (χ2v) is 5.27. The largest absolute Gasteiger partial charge is 0.306 e. The van der Waals surface area contributed by atoms with Crippen LogP contribution in [0.3, 0.4) is 0 Å². The smallest absolute Gasteiger partial charge is 0.00427 e. The van der Waals surface area contributed by atoms with Crippen molar-refractivity contribution in [3.8, 4) is 0 Å². The molecule has 1 nitrogen and oxygen atoms in total. The zero-order chi connectivity index (χ0) is 10.4. The van der Waals surface area contributed by atoms with Gasteiger partial charge in [-0.15, -0.1) is 0 Å². The fourth-order valence-electron chi connectivity index (χ4n) is 2.57. The van der Waals surface area contributed by atoms with Crippen LogP contribution in [0.15, 0.2) is 0 Å². The van der Waals surface area contributed by atoms with Gasteiger partial charge in [0.2, 0.25) is 0 Å². The van der Waals surface area contributed by atoms with E-state index in [0.29, 0.717) is 5.41 Å². The standard InChI is InChI=1S/C12H25NS/c1-3-4-9-13(2)10-12(11-14)7-5-6-8-12/h14H,3-11H2,1-2H3. The second kappa shape index (κ2) is 6.02. The van der Waals surface area contributed by atoms with Crippen molar-refractivity contribution in [3.05, 3.63) is 0 Å². The van der Waals surface area contributed by atoms with Crippen molar-refractivity contribution in [2.45, 2.75) is 45.4 Å². The predicted molar refractivity (Wildman–Crippen MR) is 67.2 cm³/mol. The van der Waals surface area contributed by atoms with Crippen LogP contribution in [-0.2, 0) is 0 Å². The molecule has 1 aliphatic carbocycles. The molecule has 0 aromatic rings. The van der Waals surface area contributed by atoms with Crippen LogP contribution < -0.4 is 0 Å². The second-order valence-electron chi connectivity index (χ2n) is 4.96. The van der Waals surface area contributed by atoms with E-state index in [9.17, 15) is 0 Å². The summed E-state index contributed by atoms with van der Waals surface area (Å²) < 4.78 is 0. The fraction of sp³-hybridized carbons (Fsp3) is 1.00. The van der Waals surface area contributed by atoms with Crippen molar-refractivity contribution in [3.63, 3.8) is 0 Å². The first kappa shape index (κ1) is 12.4. The maximum absolute atomic E-state index is 4.54. The number of hydrogen-bond acceptors (Lipinski definition) is 2. The Labute approximate surface area is 94.7 Å². The van der Waals surface area contributed by atoms with Crippen molar-refractivity contribution in [2.75, 3.05) is 25.9 Å². The summed E-state index contributed by atoms with van der Waals surface area (Å²) >= 11 is 4.54. The molecular weight excluding hydrogens is 190 g/mol. The van der Waals surface area contributed by atoms with Crippen molar-refractivity contribution in [2.24, 2.45) is 5.41 Å². The van der Waals surface area contributed by atoms with E-state index in [1.165, 1.54) is 51.6 Å². The van der Waals surface area contributed by atoms with Crippen LogP contribution in [0.1, 0.15) is 45.4 Å². The summed E-state index contributed by atoms with van der Waals surface area (Å²) in [6, 6.07) is 0. The molecule has 0 saturated heterocycles. The third-order valence-electron chi connectivity index (χ3n) is 3.50. The van der Waals surface area contributed by atoms with Gasteiger partial charge in [0.25, 0.3) is 0 Å². The van der Waals surface area contributed by atoms with Crippen LogP contribution in [0, 0.1) is 5.41 Å². The molecule has 0 heterocycles. The minimum atomic E-state index is 0.547. The molecule has 0 N–H and O–H groups in total. The van der Waals surface area contributed by atoms with E-state index in [1.54, 1.807) is 0 Å². The zero-order valence-corrected chi connectivity index (χ0v) is 10.7. The highest BCUT2D eigenvalue weighted by Gasteiger charge is 2.33. The third kappa shape index (κ3) is 3.47. The van der Waals surface area contributed by atoms with E-state index in [4.69, 9.17) is 0 Å². The van der Waals surface area contributed by atoms with Crippen LogP contribution >= 0.6 is 12.6 Å². The highest BCUT2D eigenvalue weighted by atomic mass is 32.1. The van der Waals surface area contributed by atoms with Gasteiger partial charge in [-0.2, -0.15) is 12.6 Å². The van der Waals surface area contributed by atoms with E-state index >= 15 is 0 Å². The number of rotatable bonds is 6. The zero-order valence-electron chi connectivity index (χ0n) is 9.76. The predicted octanol–water partition coefficient (Wildman–Crippen LogP) is 3.21. The molecule has 1 rings (SSSR count). The van der Waals surface area contributed by atoms with Gasteiger partial charge in [0.15, 0.2) is 0 Å². The molecule has 1 aliphatic rings. The minimum absolute atomic E-state index is 0.547. The van der Waals surface area contributed by atoms with Gasteiger partial charge in [-0.3, -0.25) is 0 Å². The molecule has 0 aromatic carbocycles. The van der Waals surface area contributed by atoms with Crippen LogP contribution in [0.5, 0.6) is 0 Å². The Hall–Kier alpha value is 0.310. The van der Waals surface area contributed by atoms with E-state index in [-0.39, 0.29) is 0 Å². The summed E-state index contributed by atoms with van der Waals surface area (Å²) in [4.78, 5) is 2.50. The Morgan fingerprint density at radius 1 is 1.29 bits per heavy atom. The number of nitrogens with zero attached hydrogens (tertiary/aromatic N) is 1. The van der Waals surface area contributed by atoms with Gasteiger partial charge in [-0.1, -0.05) is 26.2 Å². The summed E-state index contributed by atoms with van der Waals surface area (Å²) in [5, 5.41) is 0. The van der Waals surface area contributed by atoms with Crippen LogP contribution in [0.2, 0.25) is 0 Å². The maximum Gasteiger partial charge on any atom is 0.00427 e. The fourth-order valence-corrected chi connectivity index (χ4v) is 2.99. The molecule has 1 saturated carbocycles. The van der Waals surface area contributed by atoms with Gasteiger partial charge in [0, 0.05) is 6.54 Å². The first-order valence-corrected chi connectivity index (χ1v) is 6.65. The quantitative estimate of drug-likeness (QED) is 0.666. The molecule has 0 amide bonds. The SMILES string of the molecule is CCCCN(C)CC1(CS)CCCC1. The molecule has 0 radical (unpaired) electrons. The molecule has 2 heteroatoms. The van der Waals surface area contributed by atoms with Crippen LogP contribution in [-0.4, -0.2) is 30.8 Å². The summed E-state index contributed by atoms with van der Waals surface area (Å²) in [5.74, 6) is 1.07. The molecule has 0 unspecified atom stereocenters. The number of hydrogen-bond donors (Lipinski definition) is 1. The van der Waals surface area contributed by atoms with Crippen molar-refractivity contribution in [1.29, 1.82) is 0 Å². The van der Waals surface area contributed by atoms with E-state index in [1.807, 2.05) is 0 Å². The first-order chi connectivity index (χ1) is 6.72. The lowest BCUT2D eigenvalue weighted by Gasteiger charge is -2.32. The molecule has 0 aromatic heterocycles. The lowest BCUT2D eigenvalue weighted by Crippen LogP contribution is -2.35. The summed E-state index contributed by atoms with van der Waals surface area (Å²) in [6.45, 7) is 4.78. The van der Waals surface area contributed by atoms with E-state index in [2.05, 4.69) is 31.5 Å². The van der Waals surface area contributed by atoms with Crippen LogP contribution in [0.25, 0.3) is 0 Å². The van der Waals surface area contributed by atoms with Crippen molar-refractivity contribution >= 4 is 12.6 Å². The molecule has 0 bridgehead atoms. The Bertz CT molecular complexity index is 152. The topological polar surface area (TPSA) is 3.24 Å². The van der Waals surface area contributed by atoms with Gasteiger partial charge >= 0.3 is 0 Å². The van der Waals surface area contributed by atoms with Crippen molar-refractivity contribution < 1.29 is 0 Å². The molecule has 1 fully saturated rings. The molecule has 14 heavy (non-hydrogen) atoms. The highest BCUT2D eigenvalue weighted by Crippen LogP contribution is 2.39.